The minimum atomic E-state index is -0.0947. The van der Waals surface area contributed by atoms with Crippen LogP contribution in [0.25, 0.3) is 5.57 Å². The summed E-state index contributed by atoms with van der Waals surface area (Å²) in [6.45, 7) is 1.47. The summed E-state index contributed by atoms with van der Waals surface area (Å²) in [5.74, 6) is 1.05. The summed E-state index contributed by atoms with van der Waals surface area (Å²) in [5, 5.41) is 0. The van der Waals surface area contributed by atoms with Crippen molar-refractivity contribution in [3.8, 4) is 11.5 Å². The van der Waals surface area contributed by atoms with Crippen molar-refractivity contribution in [2.75, 3.05) is 14.2 Å². The Hall–Kier alpha value is -2.36. The number of carbonyl (C=O) groups is 2. The van der Waals surface area contributed by atoms with Gasteiger partial charge in [0, 0.05) is 5.57 Å². The molecule has 0 saturated heterocycles. The van der Waals surface area contributed by atoms with E-state index in [2.05, 4.69) is 0 Å². The van der Waals surface area contributed by atoms with E-state index in [-0.39, 0.29) is 5.78 Å². The van der Waals surface area contributed by atoms with Gasteiger partial charge < -0.3 is 9.47 Å². The van der Waals surface area contributed by atoms with Gasteiger partial charge in [-0.1, -0.05) is 18.2 Å². The molecule has 0 aliphatic carbocycles. The number of ether oxygens (including phenoxy) is 2. The molecule has 0 heterocycles. The Kier molecular flexibility index (Phi) is 5.54. The smallest absolute Gasteiger partial charge is 0.161 e. The highest BCUT2D eigenvalue weighted by molar-refractivity contribution is 6.20. The summed E-state index contributed by atoms with van der Waals surface area (Å²) >= 11 is 0. The van der Waals surface area contributed by atoms with E-state index < -0.39 is 0 Å². The largest absolute Gasteiger partial charge is 0.493 e. The van der Waals surface area contributed by atoms with Gasteiger partial charge in [-0.05, 0) is 30.7 Å². The van der Waals surface area contributed by atoms with Crippen LogP contribution in [0.3, 0.4) is 0 Å². The molecule has 0 aliphatic rings. The monoisotopic (exact) mass is 260 g/mol. The van der Waals surface area contributed by atoms with Gasteiger partial charge in [-0.15, -0.1) is 0 Å². The number of benzene rings is 1. The molecule has 0 aliphatic heterocycles. The van der Waals surface area contributed by atoms with Crippen LogP contribution in [-0.4, -0.2) is 26.3 Å². The molecular weight excluding hydrogens is 244 g/mol. The molecule has 19 heavy (non-hydrogen) atoms. The number of aldehydes is 1. The number of methoxy groups -OCH3 is 2. The maximum atomic E-state index is 11.6. The van der Waals surface area contributed by atoms with Crippen molar-refractivity contribution in [3.05, 3.63) is 42.0 Å². The third-order valence-corrected chi connectivity index (χ3v) is 2.53. The lowest BCUT2D eigenvalue weighted by Crippen LogP contribution is -1.98. The molecule has 0 spiro atoms. The Morgan fingerprint density at radius 1 is 1.11 bits per heavy atom. The number of hydrogen-bond acceptors (Lipinski definition) is 4. The van der Waals surface area contributed by atoms with Crippen LogP contribution in [0.2, 0.25) is 0 Å². The first-order chi connectivity index (χ1) is 9.13. The molecule has 1 rings (SSSR count). The third kappa shape index (κ3) is 3.81. The van der Waals surface area contributed by atoms with Crippen LogP contribution in [0.1, 0.15) is 12.5 Å². The molecule has 0 aromatic heterocycles. The first-order valence-electron chi connectivity index (χ1n) is 5.69. The number of hydrogen-bond donors (Lipinski definition) is 0. The third-order valence-electron chi connectivity index (χ3n) is 2.53. The van der Waals surface area contributed by atoms with E-state index >= 15 is 0 Å². The zero-order valence-electron chi connectivity index (χ0n) is 11.2. The molecule has 0 amide bonds. The topological polar surface area (TPSA) is 52.6 Å². The number of ketones is 1. The fraction of sp³-hybridized carbons (Fsp3) is 0.200. The van der Waals surface area contributed by atoms with Crippen molar-refractivity contribution in [2.24, 2.45) is 0 Å². The standard InChI is InChI=1S/C15H16O4/c1-11(17)13(6-4-5-9-16)12-7-8-14(18-2)15(10-12)19-3/h4-10H,1-3H3/b5-4+,13-6-. The van der Waals surface area contributed by atoms with Gasteiger partial charge in [-0.2, -0.15) is 0 Å². The van der Waals surface area contributed by atoms with Gasteiger partial charge >= 0.3 is 0 Å². The maximum Gasteiger partial charge on any atom is 0.161 e. The minimum absolute atomic E-state index is 0.0947. The highest BCUT2D eigenvalue weighted by Crippen LogP contribution is 2.30. The van der Waals surface area contributed by atoms with E-state index in [0.717, 1.165) is 0 Å². The molecule has 0 bridgehead atoms. The molecule has 1 aromatic carbocycles. The summed E-state index contributed by atoms with van der Waals surface area (Å²) in [6, 6.07) is 5.22. The van der Waals surface area contributed by atoms with Gasteiger partial charge in [0.1, 0.15) is 6.29 Å². The lowest BCUT2D eigenvalue weighted by Gasteiger charge is -2.10. The fourth-order valence-corrected chi connectivity index (χ4v) is 1.62. The Labute approximate surface area is 112 Å². The van der Waals surface area contributed by atoms with Gasteiger partial charge in [0.25, 0.3) is 0 Å². The maximum absolute atomic E-state index is 11.6. The normalized spacial score (nSPS) is 11.4. The van der Waals surface area contributed by atoms with Gasteiger partial charge in [0.05, 0.1) is 14.2 Å². The molecule has 0 unspecified atom stereocenters. The predicted molar refractivity (Wildman–Crippen MR) is 73.4 cm³/mol. The van der Waals surface area contributed by atoms with E-state index in [4.69, 9.17) is 9.47 Å². The minimum Gasteiger partial charge on any atom is -0.493 e. The van der Waals surface area contributed by atoms with Gasteiger partial charge in [-0.25, -0.2) is 0 Å². The predicted octanol–water partition coefficient (Wildman–Crippen LogP) is 2.43. The van der Waals surface area contributed by atoms with Crippen LogP contribution in [0, 0.1) is 0 Å². The molecule has 0 radical (unpaired) electrons. The van der Waals surface area contributed by atoms with Crippen molar-refractivity contribution < 1.29 is 19.1 Å². The number of Topliss-reactive ketones (excluding diaryl/α,β-unsaturated/α-hetero) is 1. The zero-order valence-corrected chi connectivity index (χ0v) is 11.2. The van der Waals surface area contributed by atoms with E-state index in [0.29, 0.717) is 28.9 Å². The molecule has 4 heteroatoms. The Morgan fingerprint density at radius 2 is 1.79 bits per heavy atom. The average molecular weight is 260 g/mol. The number of rotatable bonds is 6. The summed E-state index contributed by atoms with van der Waals surface area (Å²) in [5.41, 5.74) is 1.21. The van der Waals surface area contributed by atoms with Gasteiger partial charge in [0.2, 0.25) is 0 Å². The van der Waals surface area contributed by atoms with Crippen LogP contribution < -0.4 is 9.47 Å². The lowest BCUT2D eigenvalue weighted by molar-refractivity contribution is -0.111. The highest BCUT2D eigenvalue weighted by Gasteiger charge is 2.10. The van der Waals surface area contributed by atoms with Crippen molar-refractivity contribution in [3.63, 3.8) is 0 Å². The second-order valence-electron chi connectivity index (χ2n) is 3.73. The second kappa shape index (κ2) is 7.16. The van der Waals surface area contributed by atoms with Crippen LogP contribution in [0.5, 0.6) is 11.5 Å². The Bertz CT molecular complexity index is 527. The molecule has 0 atom stereocenters. The van der Waals surface area contributed by atoms with E-state index in [1.807, 2.05) is 0 Å². The molecule has 100 valence electrons. The first kappa shape index (κ1) is 14.7. The van der Waals surface area contributed by atoms with Crippen molar-refractivity contribution in [1.29, 1.82) is 0 Å². The van der Waals surface area contributed by atoms with Gasteiger partial charge in [0.15, 0.2) is 17.3 Å². The summed E-state index contributed by atoms with van der Waals surface area (Å²) in [4.78, 5) is 21.9. The molecule has 0 saturated carbocycles. The van der Waals surface area contributed by atoms with Crippen LogP contribution in [-0.2, 0) is 9.59 Å². The number of allylic oxidation sites excluding steroid dienone is 4. The SMILES string of the molecule is COc1ccc(/C(=C\C=C\C=O)C(C)=O)cc1OC. The Balaban J connectivity index is 3.24. The summed E-state index contributed by atoms with van der Waals surface area (Å²) in [6.07, 6.45) is 5.10. The Morgan fingerprint density at radius 3 is 2.32 bits per heavy atom. The van der Waals surface area contributed by atoms with Crippen LogP contribution >= 0.6 is 0 Å². The molecular formula is C15H16O4. The lowest BCUT2D eigenvalue weighted by atomic mass is 10.0. The molecule has 0 fully saturated rings. The van der Waals surface area contributed by atoms with E-state index in [9.17, 15) is 9.59 Å². The second-order valence-corrected chi connectivity index (χ2v) is 3.73. The fourth-order valence-electron chi connectivity index (χ4n) is 1.62. The van der Waals surface area contributed by atoms with Crippen molar-refractivity contribution in [2.45, 2.75) is 6.92 Å². The van der Waals surface area contributed by atoms with Crippen LogP contribution in [0.4, 0.5) is 0 Å². The summed E-state index contributed by atoms with van der Waals surface area (Å²) < 4.78 is 10.3. The van der Waals surface area contributed by atoms with Gasteiger partial charge in [-0.3, -0.25) is 9.59 Å². The summed E-state index contributed by atoms with van der Waals surface area (Å²) in [7, 11) is 3.08. The van der Waals surface area contributed by atoms with Crippen molar-refractivity contribution in [1.82, 2.24) is 0 Å². The van der Waals surface area contributed by atoms with E-state index in [1.54, 1.807) is 31.4 Å². The van der Waals surface area contributed by atoms with Crippen LogP contribution in [0.15, 0.2) is 36.4 Å². The first-order valence-corrected chi connectivity index (χ1v) is 5.69. The number of carbonyl (C=O) groups excluding carboxylic acids is 2. The zero-order chi connectivity index (χ0) is 14.3. The molecule has 1 aromatic rings. The average Bonchev–Trinajstić information content (AvgIpc) is 2.42. The molecule has 0 N–H and O–H groups in total. The highest BCUT2D eigenvalue weighted by atomic mass is 16.5. The van der Waals surface area contributed by atoms with E-state index in [1.165, 1.54) is 26.2 Å². The molecule has 4 nitrogen and oxygen atoms in total. The quantitative estimate of drug-likeness (QED) is 0.448. The van der Waals surface area contributed by atoms with Crippen molar-refractivity contribution >= 4 is 17.6 Å².